The quantitative estimate of drug-likeness (QED) is 0.588. The second kappa shape index (κ2) is 8.92. The molecule has 8 heteroatoms. The van der Waals surface area contributed by atoms with Crippen molar-refractivity contribution in [2.24, 2.45) is 4.99 Å². The van der Waals surface area contributed by atoms with Gasteiger partial charge in [-0.2, -0.15) is 0 Å². The van der Waals surface area contributed by atoms with E-state index in [2.05, 4.69) is 9.98 Å². The molecule has 0 N–H and O–H groups in total. The summed E-state index contributed by atoms with van der Waals surface area (Å²) in [6, 6.07) is 10.5. The van der Waals surface area contributed by atoms with Gasteiger partial charge in [-0.1, -0.05) is 22.9 Å². The lowest BCUT2D eigenvalue weighted by Crippen LogP contribution is -2.32. The van der Waals surface area contributed by atoms with Gasteiger partial charge in [0.25, 0.3) is 5.56 Å². The van der Waals surface area contributed by atoms with E-state index in [1.807, 2.05) is 0 Å². The number of aromatic nitrogens is 2. The minimum atomic E-state index is -0.270. The summed E-state index contributed by atoms with van der Waals surface area (Å²) in [5, 5.41) is 1.15. The van der Waals surface area contributed by atoms with Crippen molar-refractivity contribution in [1.82, 2.24) is 9.55 Å². The van der Waals surface area contributed by atoms with E-state index >= 15 is 0 Å². The van der Waals surface area contributed by atoms with E-state index in [9.17, 15) is 9.59 Å². The highest BCUT2D eigenvalue weighted by atomic mass is 35.5. The summed E-state index contributed by atoms with van der Waals surface area (Å²) in [4.78, 5) is 34.5. The van der Waals surface area contributed by atoms with Crippen LogP contribution in [0, 0.1) is 0 Å². The zero-order valence-corrected chi connectivity index (χ0v) is 16.3. The van der Waals surface area contributed by atoms with E-state index in [0.29, 0.717) is 45.3 Å². The number of carbonyl (C=O) groups is 1. The Kier molecular flexibility index (Phi) is 6.36. The van der Waals surface area contributed by atoms with Crippen molar-refractivity contribution >= 4 is 44.8 Å². The van der Waals surface area contributed by atoms with Crippen molar-refractivity contribution in [1.29, 1.82) is 0 Å². The number of rotatable bonds is 6. The van der Waals surface area contributed by atoms with Crippen LogP contribution in [-0.4, -0.2) is 22.1 Å². The molecule has 3 rings (SSSR count). The maximum atomic E-state index is 12.9. The summed E-state index contributed by atoms with van der Waals surface area (Å²) in [6.07, 6.45) is 2.38. The molecule has 0 saturated carbocycles. The Labute approximate surface area is 164 Å². The normalized spacial score (nSPS) is 11.7. The van der Waals surface area contributed by atoms with Crippen LogP contribution in [0.2, 0.25) is 5.02 Å². The number of fused-ring (bicyclic) bond motifs is 1. The zero-order chi connectivity index (χ0) is 19.2. The molecule has 2 aromatic heterocycles. The minimum Gasteiger partial charge on any atom is -0.466 e. The maximum Gasteiger partial charge on any atom is 0.305 e. The monoisotopic (exact) mass is 403 g/mol. The highest BCUT2D eigenvalue weighted by Gasteiger charge is 2.09. The molecule has 0 atom stereocenters. The number of carbonyl (C=O) groups excluding carboxylic acids is 1. The first kappa shape index (κ1) is 19.3. The summed E-state index contributed by atoms with van der Waals surface area (Å²) in [5.74, 6) is -0.270. The van der Waals surface area contributed by atoms with E-state index < -0.39 is 0 Å². The Morgan fingerprint density at radius 2 is 2.07 bits per heavy atom. The molecular weight excluding hydrogens is 386 g/mol. The largest absolute Gasteiger partial charge is 0.466 e. The molecule has 0 unspecified atom stereocenters. The Balaban J connectivity index is 2.03. The van der Waals surface area contributed by atoms with Gasteiger partial charge in [-0.25, -0.2) is 9.98 Å². The van der Waals surface area contributed by atoms with Gasteiger partial charge in [-0.05, 0) is 49.7 Å². The molecule has 0 radical (unpaired) electrons. The molecule has 0 spiro atoms. The second-order valence-electron chi connectivity index (χ2n) is 5.69. The van der Waals surface area contributed by atoms with Crippen LogP contribution in [0.5, 0.6) is 0 Å². The predicted octanol–water partition coefficient (Wildman–Crippen LogP) is 3.69. The van der Waals surface area contributed by atoms with E-state index in [1.165, 1.54) is 11.3 Å². The van der Waals surface area contributed by atoms with Gasteiger partial charge < -0.3 is 4.74 Å². The van der Waals surface area contributed by atoms with Crippen LogP contribution in [0.25, 0.3) is 10.2 Å². The molecule has 140 valence electrons. The van der Waals surface area contributed by atoms with Gasteiger partial charge in [0.2, 0.25) is 0 Å². The molecule has 0 saturated heterocycles. The molecular formula is C19H18ClN3O3S. The minimum absolute atomic E-state index is 0.173. The topological polar surface area (TPSA) is 73.6 Å². The lowest BCUT2D eigenvalue weighted by Gasteiger charge is -2.08. The number of ether oxygens (including phenoxy) is 1. The van der Waals surface area contributed by atoms with Gasteiger partial charge >= 0.3 is 5.97 Å². The van der Waals surface area contributed by atoms with Crippen LogP contribution >= 0.6 is 22.9 Å². The number of hydrogen-bond acceptors (Lipinski definition) is 6. The van der Waals surface area contributed by atoms with E-state index in [4.69, 9.17) is 16.3 Å². The van der Waals surface area contributed by atoms with Crippen LogP contribution in [0.15, 0.2) is 52.4 Å². The van der Waals surface area contributed by atoms with Crippen molar-refractivity contribution in [3.05, 3.63) is 62.8 Å². The third kappa shape index (κ3) is 4.81. The molecule has 1 aromatic carbocycles. The summed E-state index contributed by atoms with van der Waals surface area (Å²) in [7, 11) is 0. The molecule has 2 heterocycles. The summed E-state index contributed by atoms with van der Waals surface area (Å²) >= 11 is 7.26. The number of benzene rings is 1. The smallest absolute Gasteiger partial charge is 0.305 e. The van der Waals surface area contributed by atoms with Crippen LogP contribution in [0.4, 0.5) is 5.69 Å². The van der Waals surface area contributed by atoms with Gasteiger partial charge in [-0.3, -0.25) is 14.2 Å². The number of esters is 1. The zero-order valence-electron chi connectivity index (χ0n) is 14.7. The van der Waals surface area contributed by atoms with Crippen LogP contribution in [0.1, 0.15) is 19.8 Å². The number of pyridine rings is 1. The van der Waals surface area contributed by atoms with Crippen molar-refractivity contribution < 1.29 is 9.53 Å². The van der Waals surface area contributed by atoms with Crippen LogP contribution in [-0.2, 0) is 16.1 Å². The Hall–Kier alpha value is -2.51. The lowest BCUT2D eigenvalue weighted by molar-refractivity contribution is -0.143. The number of nitrogens with zero attached hydrogens (tertiary/aromatic N) is 3. The Morgan fingerprint density at radius 1 is 1.30 bits per heavy atom. The van der Waals surface area contributed by atoms with Gasteiger partial charge in [0.05, 0.1) is 17.7 Å². The van der Waals surface area contributed by atoms with E-state index in [0.717, 1.165) is 0 Å². The summed E-state index contributed by atoms with van der Waals surface area (Å²) < 4.78 is 6.53. The average molecular weight is 404 g/mol. The standard InChI is InChI=1S/C19H18ClN3O3S/c1-2-26-16(24)6-4-12-23-18(25)15-5-3-11-21-17(15)27-19(23)22-14-9-7-13(20)8-10-14/h3,5,7-11H,2,4,6,12H2,1H3. The molecule has 3 aromatic rings. The third-order valence-corrected chi connectivity index (χ3v) is 5.05. The van der Waals surface area contributed by atoms with Crippen LogP contribution in [0.3, 0.4) is 0 Å². The summed E-state index contributed by atoms with van der Waals surface area (Å²) in [6.45, 7) is 2.48. The number of hydrogen-bond donors (Lipinski definition) is 0. The molecule has 0 aliphatic carbocycles. The highest BCUT2D eigenvalue weighted by Crippen LogP contribution is 2.16. The highest BCUT2D eigenvalue weighted by molar-refractivity contribution is 7.15. The number of halogens is 1. The predicted molar refractivity (Wildman–Crippen MR) is 106 cm³/mol. The molecule has 0 bridgehead atoms. The van der Waals surface area contributed by atoms with Crippen LogP contribution < -0.4 is 10.4 Å². The van der Waals surface area contributed by atoms with E-state index in [-0.39, 0.29) is 17.9 Å². The summed E-state index contributed by atoms with van der Waals surface area (Å²) in [5.41, 5.74) is 0.512. The van der Waals surface area contributed by atoms with Crippen molar-refractivity contribution in [2.45, 2.75) is 26.3 Å². The van der Waals surface area contributed by atoms with Crippen molar-refractivity contribution in [3.8, 4) is 0 Å². The molecule has 0 aliphatic rings. The molecule has 0 aliphatic heterocycles. The molecule has 0 fully saturated rings. The van der Waals surface area contributed by atoms with Gasteiger partial charge in [0.1, 0.15) is 4.83 Å². The van der Waals surface area contributed by atoms with Gasteiger partial charge in [0, 0.05) is 24.2 Å². The third-order valence-electron chi connectivity index (χ3n) is 3.78. The fourth-order valence-corrected chi connectivity index (χ4v) is 3.64. The molecule has 6 nitrogen and oxygen atoms in total. The first-order chi connectivity index (χ1) is 13.1. The van der Waals surface area contributed by atoms with Gasteiger partial charge in [-0.15, -0.1) is 0 Å². The average Bonchev–Trinajstić information content (AvgIpc) is 2.66. The Bertz CT molecular complexity index is 1070. The Morgan fingerprint density at radius 3 is 2.81 bits per heavy atom. The van der Waals surface area contributed by atoms with Crippen molar-refractivity contribution in [2.75, 3.05) is 6.61 Å². The first-order valence-corrected chi connectivity index (χ1v) is 9.72. The SMILES string of the molecule is CCOC(=O)CCCn1c(=Nc2ccc(Cl)cc2)sc2ncccc2c1=O. The van der Waals surface area contributed by atoms with E-state index in [1.54, 1.807) is 54.1 Å². The van der Waals surface area contributed by atoms with Crippen molar-refractivity contribution in [3.63, 3.8) is 0 Å². The molecule has 0 amide bonds. The van der Waals surface area contributed by atoms with Gasteiger partial charge in [0.15, 0.2) is 4.80 Å². The fourth-order valence-electron chi connectivity index (χ4n) is 2.53. The molecule has 27 heavy (non-hydrogen) atoms. The maximum absolute atomic E-state index is 12.9. The second-order valence-corrected chi connectivity index (χ2v) is 7.09. The lowest BCUT2D eigenvalue weighted by atomic mass is 10.3. The fraction of sp³-hybridized carbons (Fsp3) is 0.263. The first-order valence-electron chi connectivity index (χ1n) is 8.53.